The normalized spacial score (nSPS) is 12.9. The molecule has 6 heteroatoms. The standard InChI is InChI=1S/C20H22N2O2S2/c1-2-24-14-7-9-15(10-8-14)25-12-11-19(23)22-20-17(13-21)16-5-3-4-6-18(16)26-20/h7-10H,2-6,11-12H2,1H3,(H,22,23). The number of ether oxygens (including phenoxy) is 1. The number of hydrogen-bond donors (Lipinski definition) is 1. The number of nitriles is 1. The number of rotatable bonds is 7. The Balaban J connectivity index is 1.52. The number of thioether (sulfide) groups is 1. The van der Waals surface area contributed by atoms with Gasteiger partial charge in [-0.15, -0.1) is 23.1 Å². The maximum atomic E-state index is 12.3. The zero-order valence-electron chi connectivity index (χ0n) is 14.8. The minimum absolute atomic E-state index is 0.0291. The maximum Gasteiger partial charge on any atom is 0.225 e. The van der Waals surface area contributed by atoms with Gasteiger partial charge in [0.25, 0.3) is 0 Å². The average Bonchev–Trinajstić information content (AvgIpc) is 3.00. The molecule has 1 aromatic heterocycles. The highest BCUT2D eigenvalue weighted by Crippen LogP contribution is 2.37. The van der Waals surface area contributed by atoms with Gasteiger partial charge in [0, 0.05) is 21.9 Å². The molecule has 0 radical (unpaired) electrons. The van der Waals surface area contributed by atoms with Crippen LogP contribution in [0.2, 0.25) is 0 Å². The number of nitrogens with one attached hydrogen (secondary N) is 1. The van der Waals surface area contributed by atoms with Gasteiger partial charge in [0.15, 0.2) is 0 Å². The first kappa shape index (κ1) is 18.8. The lowest BCUT2D eigenvalue weighted by Gasteiger charge is -2.09. The van der Waals surface area contributed by atoms with Crippen molar-refractivity contribution in [2.75, 3.05) is 17.7 Å². The Bertz CT molecular complexity index is 806. The van der Waals surface area contributed by atoms with Crippen LogP contribution < -0.4 is 10.1 Å². The zero-order valence-corrected chi connectivity index (χ0v) is 16.5. The van der Waals surface area contributed by atoms with Crippen molar-refractivity contribution in [3.8, 4) is 11.8 Å². The largest absolute Gasteiger partial charge is 0.494 e. The molecule has 0 saturated carbocycles. The third kappa shape index (κ3) is 4.60. The first-order valence-corrected chi connectivity index (χ1v) is 10.7. The van der Waals surface area contributed by atoms with E-state index < -0.39 is 0 Å². The van der Waals surface area contributed by atoms with E-state index in [-0.39, 0.29) is 5.91 Å². The van der Waals surface area contributed by atoms with Crippen LogP contribution in [0.3, 0.4) is 0 Å². The van der Waals surface area contributed by atoms with Crippen molar-refractivity contribution < 1.29 is 9.53 Å². The van der Waals surface area contributed by atoms with Gasteiger partial charge in [-0.1, -0.05) is 0 Å². The fraction of sp³-hybridized carbons (Fsp3) is 0.400. The molecule has 0 atom stereocenters. The average molecular weight is 387 g/mol. The van der Waals surface area contributed by atoms with Gasteiger partial charge < -0.3 is 10.1 Å². The van der Waals surface area contributed by atoms with Crippen molar-refractivity contribution in [1.29, 1.82) is 5.26 Å². The topological polar surface area (TPSA) is 62.1 Å². The molecule has 0 saturated heterocycles. The second-order valence-corrected chi connectivity index (χ2v) is 8.35. The second kappa shape index (κ2) is 9.11. The van der Waals surface area contributed by atoms with E-state index in [1.54, 1.807) is 23.1 Å². The maximum absolute atomic E-state index is 12.3. The Morgan fingerprint density at radius 2 is 2.08 bits per heavy atom. The number of aryl methyl sites for hydroxylation is 1. The van der Waals surface area contributed by atoms with Crippen LogP contribution >= 0.6 is 23.1 Å². The van der Waals surface area contributed by atoms with Crippen molar-refractivity contribution in [2.45, 2.75) is 43.9 Å². The van der Waals surface area contributed by atoms with Crippen LogP contribution in [0, 0.1) is 11.3 Å². The van der Waals surface area contributed by atoms with Crippen molar-refractivity contribution in [3.05, 3.63) is 40.3 Å². The van der Waals surface area contributed by atoms with Crippen LogP contribution in [-0.2, 0) is 17.6 Å². The van der Waals surface area contributed by atoms with Gasteiger partial charge in [-0.05, 0) is 62.4 Å². The molecular formula is C20H22N2O2S2. The summed E-state index contributed by atoms with van der Waals surface area (Å²) in [6.07, 6.45) is 4.71. The van der Waals surface area contributed by atoms with Gasteiger partial charge in [-0.25, -0.2) is 0 Å². The van der Waals surface area contributed by atoms with Gasteiger partial charge in [0.1, 0.15) is 16.8 Å². The molecule has 2 aromatic rings. The summed E-state index contributed by atoms with van der Waals surface area (Å²) >= 11 is 3.22. The fourth-order valence-electron chi connectivity index (χ4n) is 3.02. The third-order valence-corrected chi connectivity index (χ3v) is 6.49. The number of carbonyl (C=O) groups is 1. The molecular weight excluding hydrogens is 364 g/mol. The monoisotopic (exact) mass is 386 g/mol. The van der Waals surface area contributed by atoms with Crippen molar-refractivity contribution in [1.82, 2.24) is 0 Å². The molecule has 0 fully saturated rings. The summed E-state index contributed by atoms with van der Waals surface area (Å²) in [7, 11) is 0. The zero-order chi connectivity index (χ0) is 18.4. The van der Waals surface area contributed by atoms with E-state index in [9.17, 15) is 10.1 Å². The van der Waals surface area contributed by atoms with Crippen LogP contribution in [0.25, 0.3) is 0 Å². The number of benzene rings is 1. The Hall–Kier alpha value is -1.97. The van der Waals surface area contributed by atoms with E-state index in [2.05, 4.69) is 11.4 Å². The van der Waals surface area contributed by atoms with Crippen LogP contribution in [0.15, 0.2) is 29.2 Å². The van der Waals surface area contributed by atoms with Crippen LogP contribution in [-0.4, -0.2) is 18.3 Å². The molecule has 1 aliphatic carbocycles. The fourth-order valence-corrected chi connectivity index (χ4v) is 5.13. The van der Waals surface area contributed by atoms with Gasteiger partial charge in [-0.3, -0.25) is 4.79 Å². The number of carbonyl (C=O) groups excluding carboxylic acids is 1. The summed E-state index contributed by atoms with van der Waals surface area (Å²) in [5.41, 5.74) is 1.83. The molecule has 0 spiro atoms. The van der Waals surface area contributed by atoms with Crippen LogP contribution in [0.4, 0.5) is 5.00 Å². The molecule has 1 N–H and O–H groups in total. The van der Waals surface area contributed by atoms with E-state index in [1.807, 2.05) is 31.2 Å². The van der Waals surface area contributed by atoms with E-state index in [0.717, 1.165) is 40.5 Å². The predicted octanol–water partition coefficient (Wildman–Crippen LogP) is 5.02. The SMILES string of the molecule is CCOc1ccc(SCCC(=O)Nc2sc3c(c2C#N)CCCC3)cc1. The van der Waals surface area contributed by atoms with Gasteiger partial charge >= 0.3 is 0 Å². The molecule has 1 amide bonds. The highest BCUT2D eigenvalue weighted by Gasteiger charge is 2.21. The van der Waals surface area contributed by atoms with Gasteiger partial charge in [0.2, 0.25) is 5.91 Å². The third-order valence-electron chi connectivity index (χ3n) is 4.27. The summed E-state index contributed by atoms with van der Waals surface area (Å²) in [6, 6.07) is 10.2. The lowest BCUT2D eigenvalue weighted by molar-refractivity contribution is -0.115. The van der Waals surface area contributed by atoms with E-state index in [0.29, 0.717) is 24.3 Å². The van der Waals surface area contributed by atoms with Crippen molar-refractivity contribution >= 4 is 34.0 Å². The number of nitrogens with zero attached hydrogens (tertiary/aromatic N) is 1. The molecule has 0 unspecified atom stereocenters. The van der Waals surface area contributed by atoms with Crippen LogP contribution in [0.1, 0.15) is 42.2 Å². The van der Waals surface area contributed by atoms with Crippen molar-refractivity contribution in [2.24, 2.45) is 0 Å². The molecule has 1 aliphatic rings. The summed E-state index contributed by atoms with van der Waals surface area (Å²) in [5.74, 6) is 1.53. The summed E-state index contributed by atoms with van der Waals surface area (Å²) < 4.78 is 5.43. The smallest absolute Gasteiger partial charge is 0.225 e. The van der Waals surface area contributed by atoms with Crippen LogP contribution in [0.5, 0.6) is 5.75 Å². The van der Waals surface area contributed by atoms with Gasteiger partial charge in [0.05, 0.1) is 12.2 Å². The first-order valence-electron chi connectivity index (χ1n) is 8.91. The summed E-state index contributed by atoms with van der Waals surface area (Å²) in [6.45, 7) is 2.62. The molecule has 4 nitrogen and oxygen atoms in total. The number of hydrogen-bond acceptors (Lipinski definition) is 5. The Labute approximate surface area is 162 Å². The molecule has 136 valence electrons. The Morgan fingerprint density at radius 1 is 1.31 bits per heavy atom. The minimum Gasteiger partial charge on any atom is -0.494 e. The van der Waals surface area contributed by atoms with Gasteiger partial charge in [-0.2, -0.15) is 5.26 Å². The molecule has 3 rings (SSSR count). The summed E-state index contributed by atoms with van der Waals surface area (Å²) in [5, 5.41) is 13.1. The predicted molar refractivity (Wildman–Crippen MR) is 107 cm³/mol. The van der Waals surface area contributed by atoms with E-state index >= 15 is 0 Å². The number of amides is 1. The Morgan fingerprint density at radius 3 is 2.81 bits per heavy atom. The van der Waals surface area contributed by atoms with E-state index in [4.69, 9.17) is 4.74 Å². The lowest BCUT2D eigenvalue weighted by Crippen LogP contribution is -2.12. The molecule has 26 heavy (non-hydrogen) atoms. The first-order chi connectivity index (χ1) is 12.7. The second-order valence-electron chi connectivity index (χ2n) is 6.08. The Kier molecular flexibility index (Phi) is 6.59. The number of fused-ring (bicyclic) bond motifs is 1. The summed E-state index contributed by atoms with van der Waals surface area (Å²) in [4.78, 5) is 14.7. The number of thiophene rings is 1. The quantitative estimate of drug-likeness (QED) is 0.679. The lowest BCUT2D eigenvalue weighted by atomic mass is 9.96. The molecule has 0 bridgehead atoms. The molecule has 1 heterocycles. The van der Waals surface area contributed by atoms with E-state index in [1.165, 1.54) is 11.3 Å². The molecule has 1 aromatic carbocycles. The number of anilines is 1. The minimum atomic E-state index is -0.0291. The highest BCUT2D eigenvalue weighted by molar-refractivity contribution is 7.99. The highest BCUT2D eigenvalue weighted by atomic mass is 32.2. The molecule has 0 aliphatic heterocycles. The van der Waals surface area contributed by atoms with Crippen molar-refractivity contribution in [3.63, 3.8) is 0 Å².